The van der Waals surface area contributed by atoms with Gasteiger partial charge < -0.3 is 19.3 Å². The summed E-state index contributed by atoms with van der Waals surface area (Å²) >= 11 is 0. The zero-order valence-electron chi connectivity index (χ0n) is 10.5. The Labute approximate surface area is 108 Å². The molecule has 106 valence electrons. The van der Waals surface area contributed by atoms with E-state index in [0.717, 1.165) is 6.07 Å². The topological polar surface area (TPSA) is 65.0 Å². The molecule has 0 aliphatic carbocycles. The minimum Gasteiger partial charge on any atom is -0.493 e. The van der Waals surface area contributed by atoms with Crippen LogP contribution < -0.4 is 9.47 Å². The van der Waals surface area contributed by atoms with E-state index in [1.165, 1.54) is 26.4 Å². The number of benzene rings is 1. The summed E-state index contributed by atoms with van der Waals surface area (Å²) in [5.41, 5.74) is -0.337. The van der Waals surface area contributed by atoms with Crippen molar-refractivity contribution in [2.75, 3.05) is 27.4 Å². The highest BCUT2D eigenvalue weighted by atomic mass is 19.3. The molecule has 1 aromatic rings. The van der Waals surface area contributed by atoms with Gasteiger partial charge in [0, 0.05) is 5.56 Å². The molecule has 0 radical (unpaired) electrons. The lowest BCUT2D eigenvalue weighted by molar-refractivity contribution is -0.147. The minimum atomic E-state index is -3.31. The van der Waals surface area contributed by atoms with Crippen molar-refractivity contribution in [2.24, 2.45) is 0 Å². The Morgan fingerprint density at radius 1 is 1.26 bits per heavy atom. The highest BCUT2D eigenvalue weighted by Gasteiger charge is 2.33. The molecule has 0 bridgehead atoms. The predicted molar refractivity (Wildman–Crippen MR) is 61.9 cm³/mol. The Hall–Kier alpha value is -1.89. The van der Waals surface area contributed by atoms with Crippen LogP contribution in [0.1, 0.15) is 5.56 Å². The Morgan fingerprint density at radius 3 is 2.42 bits per heavy atom. The van der Waals surface area contributed by atoms with Gasteiger partial charge in [-0.1, -0.05) is 0 Å². The Bertz CT molecular complexity index is 448. The van der Waals surface area contributed by atoms with E-state index in [4.69, 9.17) is 14.6 Å². The molecule has 19 heavy (non-hydrogen) atoms. The van der Waals surface area contributed by atoms with E-state index in [0.29, 0.717) is 5.75 Å². The lowest BCUT2D eigenvalue weighted by Crippen LogP contribution is -2.23. The van der Waals surface area contributed by atoms with Crippen molar-refractivity contribution in [1.29, 1.82) is 0 Å². The number of carboxylic acids is 1. The van der Waals surface area contributed by atoms with Crippen LogP contribution in [0.25, 0.3) is 0 Å². The number of ether oxygens (including phenoxy) is 3. The maximum atomic E-state index is 13.7. The van der Waals surface area contributed by atoms with E-state index in [1.807, 2.05) is 0 Å². The fraction of sp³-hybridized carbons (Fsp3) is 0.417. The third kappa shape index (κ3) is 4.06. The normalized spacial score (nSPS) is 11.2. The highest BCUT2D eigenvalue weighted by Crippen LogP contribution is 2.35. The SMILES string of the molecule is COc1ccc(C(F)(F)COCC(=O)O)cc1OC. The molecule has 0 amide bonds. The van der Waals surface area contributed by atoms with E-state index in [1.54, 1.807) is 0 Å². The second-order valence-corrected chi connectivity index (χ2v) is 3.66. The van der Waals surface area contributed by atoms with Crippen LogP contribution in [0.4, 0.5) is 8.78 Å². The number of carboxylic acid groups (broad SMARTS) is 1. The number of carbonyl (C=O) groups is 1. The largest absolute Gasteiger partial charge is 0.493 e. The van der Waals surface area contributed by atoms with Crippen molar-refractivity contribution in [3.8, 4) is 11.5 Å². The molecule has 5 nitrogen and oxygen atoms in total. The van der Waals surface area contributed by atoms with Gasteiger partial charge in [-0.25, -0.2) is 4.79 Å². The standard InChI is InChI=1S/C12H14F2O5/c1-17-9-4-3-8(5-10(9)18-2)12(13,14)7-19-6-11(15)16/h3-5H,6-7H2,1-2H3,(H,15,16). The van der Waals surface area contributed by atoms with Crippen molar-refractivity contribution in [1.82, 2.24) is 0 Å². The van der Waals surface area contributed by atoms with Crippen LogP contribution in [0, 0.1) is 0 Å². The molecule has 0 aliphatic heterocycles. The molecule has 0 spiro atoms. The van der Waals surface area contributed by atoms with Crippen LogP contribution in [0.5, 0.6) is 11.5 Å². The molecule has 1 N–H and O–H groups in total. The number of rotatable bonds is 7. The van der Waals surface area contributed by atoms with Gasteiger partial charge in [0.1, 0.15) is 13.2 Å². The molecule has 0 aliphatic rings. The predicted octanol–water partition coefficient (Wildman–Crippen LogP) is 1.90. The zero-order chi connectivity index (χ0) is 14.5. The minimum absolute atomic E-state index is 0.165. The molecule has 0 heterocycles. The lowest BCUT2D eigenvalue weighted by atomic mass is 10.1. The molecule has 7 heteroatoms. The first kappa shape index (κ1) is 15.2. The van der Waals surface area contributed by atoms with Crippen molar-refractivity contribution in [2.45, 2.75) is 5.92 Å². The van der Waals surface area contributed by atoms with Crippen molar-refractivity contribution >= 4 is 5.97 Å². The quantitative estimate of drug-likeness (QED) is 0.824. The molecule has 0 saturated heterocycles. The smallest absolute Gasteiger partial charge is 0.329 e. The number of aliphatic carboxylic acids is 1. The summed E-state index contributed by atoms with van der Waals surface area (Å²) in [7, 11) is 2.73. The van der Waals surface area contributed by atoms with Crippen LogP contribution in [0.15, 0.2) is 18.2 Å². The van der Waals surface area contributed by atoms with Gasteiger partial charge in [-0.05, 0) is 18.2 Å². The number of halogens is 2. The zero-order valence-corrected chi connectivity index (χ0v) is 10.5. The first-order chi connectivity index (χ1) is 8.90. The van der Waals surface area contributed by atoms with Gasteiger partial charge in [0.2, 0.25) is 0 Å². The molecule has 0 unspecified atom stereocenters. The number of alkyl halides is 2. The van der Waals surface area contributed by atoms with Crippen molar-refractivity contribution < 1.29 is 32.9 Å². The summed E-state index contributed by atoms with van der Waals surface area (Å²) in [6.07, 6.45) is 0. The molecule has 0 atom stereocenters. The van der Waals surface area contributed by atoms with Gasteiger partial charge in [-0.2, -0.15) is 8.78 Å². The summed E-state index contributed by atoms with van der Waals surface area (Å²) in [5.74, 6) is -4.12. The maximum absolute atomic E-state index is 13.7. The molecule has 0 saturated carbocycles. The number of hydrogen-bond donors (Lipinski definition) is 1. The van der Waals surface area contributed by atoms with Gasteiger partial charge in [-0.15, -0.1) is 0 Å². The van der Waals surface area contributed by atoms with Crippen molar-refractivity contribution in [3.63, 3.8) is 0 Å². The van der Waals surface area contributed by atoms with Gasteiger partial charge in [-0.3, -0.25) is 0 Å². The van der Waals surface area contributed by atoms with E-state index in [-0.39, 0.29) is 11.3 Å². The first-order valence-electron chi connectivity index (χ1n) is 5.30. The average Bonchev–Trinajstić information content (AvgIpc) is 2.37. The Balaban J connectivity index is 2.85. The molecule has 1 rings (SSSR count). The average molecular weight is 276 g/mol. The second kappa shape index (κ2) is 6.33. The van der Waals surface area contributed by atoms with E-state index in [2.05, 4.69) is 4.74 Å². The fourth-order valence-electron chi connectivity index (χ4n) is 1.41. The van der Waals surface area contributed by atoms with Crippen LogP contribution >= 0.6 is 0 Å². The Morgan fingerprint density at radius 2 is 1.89 bits per heavy atom. The van der Waals surface area contributed by atoms with Crippen LogP contribution in [-0.4, -0.2) is 38.5 Å². The van der Waals surface area contributed by atoms with Gasteiger partial charge >= 0.3 is 5.97 Å². The van der Waals surface area contributed by atoms with Gasteiger partial charge in [0.05, 0.1) is 14.2 Å². The lowest BCUT2D eigenvalue weighted by Gasteiger charge is -2.18. The molecular formula is C12H14F2O5. The molecule has 0 aromatic heterocycles. The van der Waals surface area contributed by atoms with Gasteiger partial charge in [0.25, 0.3) is 5.92 Å². The van der Waals surface area contributed by atoms with Crippen LogP contribution in [0.3, 0.4) is 0 Å². The van der Waals surface area contributed by atoms with Crippen molar-refractivity contribution in [3.05, 3.63) is 23.8 Å². The second-order valence-electron chi connectivity index (χ2n) is 3.66. The third-order valence-electron chi connectivity index (χ3n) is 2.31. The number of hydrogen-bond acceptors (Lipinski definition) is 4. The van der Waals surface area contributed by atoms with E-state index in [9.17, 15) is 13.6 Å². The van der Waals surface area contributed by atoms with Crippen LogP contribution in [-0.2, 0) is 15.5 Å². The summed E-state index contributed by atoms with van der Waals surface area (Å²) in [5, 5.41) is 8.32. The summed E-state index contributed by atoms with van der Waals surface area (Å²) in [6, 6.07) is 3.65. The van der Waals surface area contributed by atoms with E-state index >= 15 is 0 Å². The molecule has 1 aromatic carbocycles. The highest BCUT2D eigenvalue weighted by molar-refractivity contribution is 5.68. The summed E-state index contributed by atoms with van der Waals surface area (Å²) in [6.45, 7) is -1.79. The van der Waals surface area contributed by atoms with E-state index < -0.39 is 25.1 Å². The molecule has 0 fully saturated rings. The number of methoxy groups -OCH3 is 2. The summed E-state index contributed by atoms with van der Waals surface area (Å²) < 4.78 is 41.8. The first-order valence-corrected chi connectivity index (χ1v) is 5.30. The maximum Gasteiger partial charge on any atom is 0.329 e. The Kier molecular flexibility index (Phi) is 5.05. The summed E-state index contributed by atoms with van der Waals surface area (Å²) in [4.78, 5) is 10.2. The fourth-order valence-corrected chi connectivity index (χ4v) is 1.41. The van der Waals surface area contributed by atoms with Gasteiger partial charge in [0.15, 0.2) is 11.5 Å². The monoisotopic (exact) mass is 276 g/mol. The van der Waals surface area contributed by atoms with Crippen LogP contribution in [0.2, 0.25) is 0 Å². The third-order valence-corrected chi connectivity index (χ3v) is 2.31. The molecular weight excluding hydrogens is 262 g/mol.